The first kappa shape index (κ1) is 11.7. The van der Waals surface area contributed by atoms with Crippen LogP contribution in [0.25, 0.3) is 10.2 Å². The molecular weight excluding hydrogens is 256 g/mol. The number of aliphatic hydroxyl groups excluding tert-OH is 1. The second-order valence-corrected chi connectivity index (χ2v) is 6.74. The molecule has 2 bridgehead atoms. The van der Waals surface area contributed by atoms with E-state index in [0.717, 1.165) is 23.5 Å². The zero-order chi connectivity index (χ0) is 12.8. The maximum atomic E-state index is 9.98. The molecule has 0 radical (unpaired) electrons. The van der Waals surface area contributed by atoms with Crippen LogP contribution in [-0.2, 0) is 0 Å². The van der Waals surface area contributed by atoms with Gasteiger partial charge in [0.2, 0.25) is 0 Å². The third-order valence-corrected chi connectivity index (χ3v) is 5.50. The maximum absolute atomic E-state index is 9.98. The molecule has 1 N–H and O–H groups in total. The fraction of sp³-hybridized carbons (Fsp3) is 0.533. The minimum Gasteiger partial charge on any atom is -0.393 e. The van der Waals surface area contributed by atoms with Crippen molar-refractivity contribution in [1.82, 2.24) is 4.98 Å². The van der Waals surface area contributed by atoms with Crippen molar-refractivity contribution in [1.29, 1.82) is 0 Å². The van der Waals surface area contributed by atoms with Gasteiger partial charge in [0.1, 0.15) is 0 Å². The van der Waals surface area contributed by atoms with Gasteiger partial charge >= 0.3 is 0 Å². The Hall–Kier alpha value is -1.13. The predicted molar refractivity (Wildman–Crippen MR) is 78.8 cm³/mol. The molecule has 2 saturated heterocycles. The molecule has 0 aliphatic carbocycles. The van der Waals surface area contributed by atoms with Crippen LogP contribution < -0.4 is 4.90 Å². The van der Waals surface area contributed by atoms with Crippen LogP contribution >= 0.6 is 11.3 Å². The van der Waals surface area contributed by atoms with Crippen molar-refractivity contribution >= 4 is 26.7 Å². The highest BCUT2D eigenvalue weighted by atomic mass is 32.1. The number of hydrogen-bond acceptors (Lipinski definition) is 4. The molecule has 1 unspecified atom stereocenters. The van der Waals surface area contributed by atoms with Gasteiger partial charge in [0.15, 0.2) is 5.13 Å². The zero-order valence-corrected chi connectivity index (χ0v) is 11.6. The molecule has 19 heavy (non-hydrogen) atoms. The molecule has 1 aromatic heterocycles. The molecule has 4 heteroatoms. The smallest absolute Gasteiger partial charge is 0.186 e. The largest absolute Gasteiger partial charge is 0.393 e. The second-order valence-electron chi connectivity index (χ2n) is 5.74. The number of benzene rings is 1. The molecule has 1 aromatic carbocycles. The van der Waals surface area contributed by atoms with Crippen molar-refractivity contribution < 1.29 is 5.11 Å². The number of piperidine rings is 2. The number of aromatic nitrogens is 1. The van der Waals surface area contributed by atoms with E-state index in [1.807, 2.05) is 6.07 Å². The average molecular weight is 274 g/mol. The molecule has 2 aliphatic rings. The first-order valence-corrected chi connectivity index (χ1v) is 7.95. The van der Waals surface area contributed by atoms with Crippen LogP contribution in [0.2, 0.25) is 0 Å². The minimum absolute atomic E-state index is 0.110. The molecule has 3 nitrogen and oxygen atoms in total. The van der Waals surface area contributed by atoms with E-state index in [1.54, 1.807) is 11.3 Å². The molecule has 3 atom stereocenters. The summed E-state index contributed by atoms with van der Waals surface area (Å²) in [7, 11) is 0. The van der Waals surface area contributed by atoms with Crippen LogP contribution in [0.5, 0.6) is 0 Å². The summed E-state index contributed by atoms with van der Waals surface area (Å²) < 4.78 is 1.27. The highest BCUT2D eigenvalue weighted by Crippen LogP contribution is 2.40. The van der Waals surface area contributed by atoms with Gasteiger partial charge in [0, 0.05) is 12.1 Å². The first-order chi connectivity index (χ1) is 9.31. The normalized spacial score (nSPS) is 30.8. The van der Waals surface area contributed by atoms with Crippen LogP contribution in [-0.4, -0.2) is 28.3 Å². The lowest BCUT2D eigenvalue weighted by Crippen LogP contribution is -2.53. The quantitative estimate of drug-likeness (QED) is 0.867. The van der Waals surface area contributed by atoms with Crippen molar-refractivity contribution in [2.45, 2.75) is 50.3 Å². The molecule has 2 aromatic rings. The van der Waals surface area contributed by atoms with E-state index in [1.165, 1.54) is 24.0 Å². The summed E-state index contributed by atoms with van der Waals surface area (Å²) in [6.45, 7) is 0. The Labute approximate surface area is 116 Å². The van der Waals surface area contributed by atoms with Crippen LogP contribution in [0, 0.1) is 0 Å². The summed E-state index contributed by atoms with van der Waals surface area (Å²) in [6.07, 6.45) is 5.40. The predicted octanol–water partition coefficient (Wildman–Crippen LogP) is 3.18. The lowest BCUT2D eigenvalue weighted by molar-refractivity contribution is 0.0928. The summed E-state index contributed by atoms with van der Waals surface area (Å²) >= 11 is 1.79. The van der Waals surface area contributed by atoms with Crippen LogP contribution in [0.15, 0.2) is 24.3 Å². The fourth-order valence-corrected chi connectivity index (χ4v) is 4.74. The highest BCUT2D eigenvalue weighted by molar-refractivity contribution is 7.22. The monoisotopic (exact) mass is 274 g/mol. The zero-order valence-electron chi connectivity index (χ0n) is 10.8. The van der Waals surface area contributed by atoms with E-state index >= 15 is 0 Å². The van der Waals surface area contributed by atoms with Crippen LogP contribution in [0.1, 0.15) is 32.1 Å². The Balaban J connectivity index is 1.74. The van der Waals surface area contributed by atoms with E-state index < -0.39 is 0 Å². The minimum atomic E-state index is -0.110. The summed E-state index contributed by atoms with van der Waals surface area (Å²) in [5.74, 6) is 0. The van der Waals surface area contributed by atoms with Crippen molar-refractivity contribution in [3.05, 3.63) is 24.3 Å². The third kappa shape index (κ3) is 1.94. The molecule has 4 rings (SSSR count). The lowest BCUT2D eigenvalue weighted by atomic mass is 9.83. The molecule has 0 spiro atoms. The van der Waals surface area contributed by atoms with Crippen molar-refractivity contribution in [2.24, 2.45) is 0 Å². The number of thiazole rings is 1. The van der Waals surface area contributed by atoms with E-state index in [0.29, 0.717) is 12.1 Å². The molecular formula is C15H18N2OS. The Morgan fingerprint density at radius 3 is 2.63 bits per heavy atom. The van der Waals surface area contributed by atoms with Crippen molar-refractivity contribution in [3.63, 3.8) is 0 Å². The van der Waals surface area contributed by atoms with Gasteiger partial charge in [-0.3, -0.25) is 0 Å². The summed E-state index contributed by atoms with van der Waals surface area (Å²) in [5.41, 5.74) is 1.10. The van der Waals surface area contributed by atoms with E-state index in [-0.39, 0.29) is 6.10 Å². The number of anilines is 1. The van der Waals surface area contributed by atoms with E-state index in [9.17, 15) is 5.11 Å². The SMILES string of the molecule is OC1C[C@H]2CCC[C@@H](C1)N2c1nc2ccccc2s1. The Morgan fingerprint density at radius 2 is 1.89 bits per heavy atom. The Bertz CT molecular complexity index is 550. The van der Waals surface area contributed by atoms with Crippen LogP contribution in [0.3, 0.4) is 0 Å². The van der Waals surface area contributed by atoms with Gasteiger partial charge in [0.25, 0.3) is 0 Å². The van der Waals surface area contributed by atoms with Gasteiger partial charge < -0.3 is 10.0 Å². The number of aliphatic hydroxyl groups is 1. The van der Waals surface area contributed by atoms with Gasteiger partial charge in [-0.05, 0) is 44.2 Å². The van der Waals surface area contributed by atoms with Gasteiger partial charge in [-0.2, -0.15) is 0 Å². The molecule has 0 amide bonds. The lowest BCUT2D eigenvalue weighted by Gasteiger charge is -2.47. The number of rotatable bonds is 1. The number of hydrogen-bond donors (Lipinski definition) is 1. The van der Waals surface area contributed by atoms with Crippen LogP contribution in [0.4, 0.5) is 5.13 Å². The molecule has 2 aliphatic heterocycles. The van der Waals surface area contributed by atoms with Crippen molar-refractivity contribution in [2.75, 3.05) is 4.90 Å². The highest BCUT2D eigenvalue weighted by Gasteiger charge is 2.38. The molecule has 100 valence electrons. The van der Waals surface area contributed by atoms with E-state index in [2.05, 4.69) is 23.1 Å². The first-order valence-electron chi connectivity index (χ1n) is 7.13. The maximum Gasteiger partial charge on any atom is 0.186 e. The number of para-hydroxylation sites is 1. The van der Waals surface area contributed by atoms with Gasteiger partial charge in [-0.15, -0.1) is 0 Å². The molecule has 3 heterocycles. The number of nitrogens with zero attached hydrogens (tertiary/aromatic N) is 2. The molecule has 2 fully saturated rings. The topological polar surface area (TPSA) is 36.4 Å². The Kier molecular flexibility index (Phi) is 2.74. The van der Waals surface area contributed by atoms with Crippen molar-refractivity contribution in [3.8, 4) is 0 Å². The summed E-state index contributed by atoms with van der Waals surface area (Å²) in [4.78, 5) is 7.31. The fourth-order valence-electron chi connectivity index (χ4n) is 3.64. The molecule has 0 saturated carbocycles. The summed E-state index contributed by atoms with van der Waals surface area (Å²) in [6, 6.07) is 9.33. The number of fused-ring (bicyclic) bond motifs is 3. The average Bonchev–Trinajstić information content (AvgIpc) is 2.80. The van der Waals surface area contributed by atoms with Gasteiger partial charge in [-0.1, -0.05) is 23.5 Å². The van der Waals surface area contributed by atoms with Gasteiger partial charge in [-0.25, -0.2) is 4.98 Å². The van der Waals surface area contributed by atoms with E-state index in [4.69, 9.17) is 4.98 Å². The second kappa shape index (κ2) is 4.46. The third-order valence-electron chi connectivity index (χ3n) is 4.45. The van der Waals surface area contributed by atoms with Gasteiger partial charge in [0.05, 0.1) is 16.3 Å². The standard InChI is InChI=1S/C15H18N2OS/c18-12-8-10-4-3-5-11(9-12)17(10)15-16-13-6-1-2-7-14(13)19-15/h1-2,6-7,10-12,18H,3-5,8-9H2/t10-,11+,12?. The summed E-state index contributed by atoms with van der Waals surface area (Å²) in [5, 5.41) is 11.1. The Morgan fingerprint density at radius 1 is 1.16 bits per heavy atom.